The number of rotatable bonds is 4. The number of barbiturate groups is 1. The molecule has 34 heavy (non-hydrogen) atoms. The highest BCUT2D eigenvalue weighted by atomic mass is 35.5. The molecule has 0 atom stereocenters. The topological polar surface area (TPSA) is 84.3 Å². The van der Waals surface area contributed by atoms with Crippen LogP contribution in [0.15, 0.2) is 78.8 Å². The fourth-order valence-corrected chi connectivity index (χ4v) is 4.36. The molecule has 2 aromatic heterocycles. The molecule has 1 fully saturated rings. The molecule has 5 rings (SSSR count). The number of amides is 4. The fraction of sp³-hybridized carbons (Fsp3) is 0.0400. The van der Waals surface area contributed by atoms with E-state index in [0.717, 1.165) is 21.4 Å². The average molecular weight is 491 g/mol. The number of hydrogen-bond donors (Lipinski definition) is 1. The third kappa shape index (κ3) is 3.96. The van der Waals surface area contributed by atoms with Gasteiger partial charge >= 0.3 is 6.03 Å². The van der Waals surface area contributed by atoms with Crippen molar-refractivity contribution in [3.63, 3.8) is 0 Å². The molecule has 1 aliphatic heterocycles. The molecule has 2 aromatic carbocycles. The van der Waals surface area contributed by atoms with Crippen molar-refractivity contribution in [1.82, 2.24) is 14.9 Å². The van der Waals surface area contributed by atoms with E-state index in [2.05, 4.69) is 10.3 Å². The number of aromatic nitrogens is 2. The Balaban J connectivity index is 1.57. The Morgan fingerprint density at radius 1 is 0.971 bits per heavy atom. The summed E-state index contributed by atoms with van der Waals surface area (Å²) in [5, 5.41) is 4.17. The minimum absolute atomic E-state index is 0.149. The third-order valence-electron chi connectivity index (χ3n) is 5.50. The number of para-hydroxylation sites is 1. The Morgan fingerprint density at radius 3 is 2.50 bits per heavy atom. The lowest BCUT2D eigenvalue weighted by Gasteiger charge is -2.26. The van der Waals surface area contributed by atoms with E-state index in [1.165, 1.54) is 30.6 Å². The van der Waals surface area contributed by atoms with Crippen LogP contribution in [0.25, 0.3) is 17.0 Å². The van der Waals surface area contributed by atoms with Crippen LogP contribution in [0.5, 0.6) is 0 Å². The van der Waals surface area contributed by atoms with Crippen LogP contribution in [-0.4, -0.2) is 27.4 Å². The van der Waals surface area contributed by atoms with Crippen LogP contribution in [0.1, 0.15) is 11.1 Å². The van der Waals surface area contributed by atoms with E-state index in [1.54, 1.807) is 12.1 Å². The SMILES string of the molecule is O=C1NC(=O)N(c2ccncc2)C(=O)/C1=C/c1cn(Cc2ccc(Cl)cc2Cl)c2ccccc12. The Hall–Kier alpha value is -3.94. The first kappa shape index (κ1) is 21.9. The summed E-state index contributed by atoms with van der Waals surface area (Å²) in [6, 6.07) is 15.2. The fourth-order valence-electron chi connectivity index (χ4n) is 3.90. The van der Waals surface area contributed by atoms with Crippen molar-refractivity contribution < 1.29 is 14.4 Å². The maximum absolute atomic E-state index is 13.2. The van der Waals surface area contributed by atoms with Gasteiger partial charge in [0.25, 0.3) is 11.8 Å². The molecule has 7 nitrogen and oxygen atoms in total. The van der Waals surface area contributed by atoms with Crippen molar-refractivity contribution in [3.05, 3.63) is 99.9 Å². The first-order valence-electron chi connectivity index (χ1n) is 10.3. The van der Waals surface area contributed by atoms with E-state index in [4.69, 9.17) is 23.2 Å². The van der Waals surface area contributed by atoms with Crippen molar-refractivity contribution in [1.29, 1.82) is 0 Å². The van der Waals surface area contributed by atoms with Gasteiger partial charge in [-0.1, -0.05) is 47.5 Å². The second-order valence-electron chi connectivity index (χ2n) is 7.63. The van der Waals surface area contributed by atoms with E-state index in [0.29, 0.717) is 27.8 Å². The van der Waals surface area contributed by atoms with Crippen molar-refractivity contribution in [2.24, 2.45) is 0 Å². The normalized spacial score (nSPS) is 15.3. The van der Waals surface area contributed by atoms with Gasteiger partial charge in [0.2, 0.25) is 0 Å². The molecule has 0 spiro atoms. The van der Waals surface area contributed by atoms with Crippen molar-refractivity contribution in [2.45, 2.75) is 6.54 Å². The Labute approximate surface area is 204 Å². The van der Waals surface area contributed by atoms with E-state index < -0.39 is 17.8 Å². The molecular weight excluding hydrogens is 475 g/mol. The quantitative estimate of drug-likeness (QED) is 0.320. The number of urea groups is 1. The van der Waals surface area contributed by atoms with Crippen LogP contribution in [-0.2, 0) is 16.1 Å². The molecule has 4 amide bonds. The maximum atomic E-state index is 13.2. The number of nitrogens with zero attached hydrogens (tertiary/aromatic N) is 3. The van der Waals surface area contributed by atoms with Crippen LogP contribution in [0, 0.1) is 0 Å². The molecule has 0 radical (unpaired) electrons. The summed E-state index contributed by atoms with van der Waals surface area (Å²) in [6.07, 6.45) is 6.27. The Bertz CT molecular complexity index is 1490. The van der Waals surface area contributed by atoms with Gasteiger partial charge in [-0.3, -0.25) is 19.9 Å². The zero-order valence-electron chi connectivity index (χ0n) is 17.5. The first-order valence-corrected chi connectivity index (χ1v) is 11.0. The molecule has 0 bridgehead atoms. The average Bonchev–Trinajstić information content (AvgIpc) is 3.16. The molecule has 0 unspecified atom stereocenters. The Morgan fingerprint density at radius 2 is 1.74 bits per heavy atom. The second kappa shape index (κ2) is 8.78. The number of pyridine rings is 1. The van der Waals surface area contributed by atoms with Crippen LogP contribution in [0.2, 0.25) is 10.0 Å². The highest BCUT2D eigenvalue weighted by Crippen LogP contribution is 2.29. The van der Waals surface area contributed by atoms with Crippen molar-refractivity contribution in [2.75, 3.05) is 4.90 Å². The molecule has 1 aliphatic rings. The molecule has 3 heterocycles. The highest BCUT2D eigenvalue weighted by Gasteiger charge is 2.37. The number of carbonyl (C=O) groups is 3. The molecule has 0 saturated carbocycles. The number of imide groups is 2. The number of fused-ring (bicyclic) bond motifs is 1. The van der Waals surface area contributed by atoms with Gasteiger partial charge in [-0.25, -0.2) is 9.69 Å². The van der Waals surface area contributed by atoms with Crippen molar-refractivity contribution in [3.8, 4) is 0 Å². The molecule has 9 heteroatoms. The van der Waals surface area contributed by atoms with Gasteiger partial charge in [-0.05, 0) is 42.0 Å². The minimum atomic E-state index is -0.807. The van der Waals surface area contributed by atoms with Gasteiger partial charge in [0.1, 0.15) is 5.57 Å². The van der Waals surface area contributed by atoms with Crippen LogP contribution in [0.3, 0.4) is 0 Å². The van der Waals surface area contributed by atoms with Gasteiger partial charge in [-0.2, -0.15) is 0 Å². The van der Waals surface area contributed by atoms with Gasteiger partial charge < -0.3 is 4.57 Å². The van der Waals surface area contributed by atoms with Gasteiger partial charge in [0.05, 0.1) is 5.69 Å². The highest BCUT2D eigenvalue weighted by molar-refractivity contribution is 6.39. The largest absolute Gasteiger partial charge is 0.342 e. The van der Waals surface area contributed by atoms with E-state index in [1.807, 2.05) is 41.1 Å². The maximum Gasteiger partial charge on any atom is 0.335 e. The van der Waals surface area contributed by atoms with E-state index >= 15 is 0 Å². The van der Waals surface area contributed by atoms with Gasteiger partial charge in [-0.15, -0.1) is 0 Å². The molecule has 4 aromatic rings. The lowest BCUT2D eigenvalue weighted by molar-refractivity contribution is -0.122. The number of nitrogens with one attached hydrogen (secondary N) is 1. The summed E-state index contributed by atoms with van der Waals surface area (Å²) in [6.45, 7) is 0.460. The molecule has 1 N–H and O–H groups in total. The number of anilines is 1. The van der Waals surface area contributed by atoms with Gasteiger partial charge in [0.15, 0.2) is 0 Å². The monoisotopic (exact) mass is 490 g/mol. The zero-order valence-corrected chi connectivity index (χ0v) is 19.0. The van der Waals surface area contributed by atoms with E-state index in [-0.39, 0.29) is 5.57 Å². The van der Waals surface area contributed by atoms with Crippen LogP contribution < -0.4 is 10.2 Å². The number of benzene rings is 2. The summed E-state index contributed by atoms with van der Waals surface area (Å²) in [5.41, 5.74) is 2.58. The predicted octanol–water partition coefficient (Wildman–Crippen LogP) is 5.06. The van der Waals surface area contributed by atoms with E-state index in [9.17, 15) is 14.4 Å². The standard InChI is InChI=1S/C25H16Cl2N4O3/c26-17-6-5-15(21(27)12-17)13-30-14-16(19-3-1-2-4-22(19)30)11-20-23(32)29-25(34)31(24(20)33)18-7-9-28-10-8-18/h1-12,14H,13H2,(H,29,32,34)/b20-11+. The van der Waals surface area contributed by atoms with Gasteiger partial charge in [0, 0.05) is 51.6 Å². The predicted molar refractivity (Wildman–Crippen MR) is 131 cm³/mol. The Kier molecular flexibility index (Phi) is 5.65. The number of halogens is 2. The minimum Gasteiger partial charge on any atom is -0.342 e. The number of hydrogen-bond acceptors (Lipinski definition) is 4. The summed E-state index contributed by atoms with van der Waals surface area (Å²) < 4.78 is 1.98. The summed E-state index contributed by atoms with van der Waals surface area (Å²) >= 11 is 12.4. The smallest absolute Gasteiger partial charge is 0.335 e. The molecule has 168 valence electrons. The molecular formula is C25H16Cl2N4O3. The zero-order chi connectivity index (χ0) is 23.8. The third-order valence-corrected chi connectivity index (χ3v) is 6.08. The lowest BCUT2D eigenvalue weighted by atomic mass is 10.1. The summed E-state index contributed by atoms with van der Waals surface area (Å²) in [5.74, 6) is -1.46. The second-order valence-corrected chi connectivity index (χ2v) is 8.47. The van der Waals surface area contributed by atoms with Crippen LogP contribution >= 0.6 is 23.2 Å². The first-order chi connectivity index (χ1) is 16.4. The molecule has 0 aliphatic carbocycles. The summed E-state index contributed by atoms with van der Waals surface area (Å²) in [7, 11) is 0. The number of carbonyl (C=O) groups excluding carboxylic acids is 3. The lowest BCUT2D eigenvalue weighted by Crippen LogP contribution is -2.54. The molecule has 1 saturated heterocycles. The van der Waals surface area contributed by atoms with Crippen molar-refractivity contribution >= 4 is 63.7 Å². The summed E-state index contributed by atoms with van der Waals surface area (Å²) in [4.78, 5) is 43.0. The van der Waals surface area contributed by atoms with Crippen LogP contribution in [0.4, 0.5) is 10.5 Å².